The minimum Gasteiger partial charge on any atom is -0.497 e. The average Bonchev–Trinajstić information content (AvgIpc) is 3.11. The summed E-state index contributed by atoms with van der Waals surface area (Å²) < 4.78 is 16.7. The molecule has 1 atom stereocenters. The predicted octanol–water partition coefficient (Wildman–Crippen LogP) is 4.41. The van der Waals surface area contributed by atoms with Gasteiger partial charge in [0.1, 0.15) is 11.5 Å². The standard InChI is InChI=1S/C23H21BO4/c1-26-19-13-11-17(12-14-19)23-21(18-9-6-10-20(15-18)27-2)22(24(25)28-23)16-7-4-3-5-8-16/h3-15,23,25H,1-2H3. The van der Waals surface area contributed by atoms with E-state index in [2.05, 4.69) is 0 Å². The summed E-state index contributed by atoms with van der Waals surface area (Å²) in [5.74, 6) is 1.53. The van der Waals surface area contributed by atoms with Crippen LogP contribution in [0.5, 0.6) is 11.5 Å². The van der Waals surface area contributed by atoms with Gasteiger partial charge < -0.3 is 19.2 Å². The predicted molar refractivity (Wildman–Crippen MR) is 111 cm³/mol. The number of rotatable bonds is 5. The zero-order valence-electron chi connectivity index (χ0n) is 15.8. The maximum absolute atomic E-state index is 10.8. The molecule has 1 heterocycles. The van der Waals surface area contributed by atoms with Crippen LogP contribution in [0.1, 0.15) is 22.8 Å². The molecule has 0 spiro atoms. The summed E-state index contributed by atoms with van der Waals surface area (Å²) in [6, 6.07) is 25.4. The third-order valence-corrected chi connectivity index (χ3v) is 4.95. The van der Waals surface area contributed by atoms with Crippen LogP contribution in [0.4, 0.5) is 0 Å². The zero-order chi connectivity index (χ0) is 19.5. The lowest BCUT2D eigenvalue weighted by Crippen LogP contribution is -2.15. The second-order valence-electron chi connectivity index (χ2n) is 6.57. The lowest BCUT2D eigenvalue weighted by atomic mass is 9.72. The van der Waals surface area contributed by atoms with Crippen LogP contribution in [0.2, 0.25) is 0 Å². The summed E-state index contributed by atoms with van der Waals surface area (Å²) in [7, 11) is 2.27. The molecule has 28 heavy (non-hydrogen) atoms. The van der Waals surface area contributed by atoms with Gasteiger partial charge in [0.15, 0.2) is 0 Å². The van der Waals surface area contributed by atoms with E-state index in [-0.39, 0.29) is 0 Å². The summed E-state index contributed by atoms with van der Waals surface area (Å²) >= 11 is 0. The molecule has 1 aliphatic rings. The van der Waals surface area contributed by atoms with Crippen LogP contribution in [-0.2, 0) is 4.65 Å². The number of benzene rings is 3. The van der Waals surface area contributed by atoms with Crippen LogP contribution in [0, 0.1) is 0 Å². The van der Waals surface area contributed by atoms with Gasteiger partial charge in [0.05, 0.1) is 20.3 Å². The lowest BCUT2D eigenvalue weighted by Gasteiger charge is -2.18. The van der Waals surface area contributed by atoms with E-state index < -0.39 is 13.2 Å². The summed E-state index contributed by atoms with van der Waals surface area (Å²) in [5, 5.41) is 10.8. The van der Waals surface area contributed by atoms with Crippen LogP contribution in [0.15, 0.2) is 78.9 Å². The molecule has 4 nitrogen and oxygen atoms in total. The Balaban J connectivity index is 1.89. The Labute approximate surface area is 165 Å². The van der Waals surface area contributed by atoms with Crippen molar-refractivity contribution in [3.8, 4) is 11.5 Å². The highest BCUT2D eigenvalue weighted by Crippen LogP contribution is 2.46. The fourth-order valence-corrected chi connectivity index (χ4v) is 3.58. The Morgan fingerprint density at radius 1 is 0.786 bits per heavy atom. The van der Waals surface area contributed by atoms with Crippen molar-refractivity contribution >= 4 is 18.2 Å². The second-order valence-corrected chi connectivity index (χ2v) is 6.57. The first kappa shape index (κ1) is 18.4. The highest BCUT2D eigenvalue weighted by Gasteiger charge is 2.39. The Morgan fingerprint density at radius 3 is 2.14 bits per heavy atom. The molecule has 1 aliphatic heterocycles. The van der Waals surface area contributed by atoms with E-state index in [0.29, 0.717) is 0 Å². The Bertz CT molecular complexity index is 983. The van der Waals surface area contributed by atoms with Crippen molar-refractivity contribution in [1.29, 1.82) is 0 Å². The van der Waals surface area contributed by atoms with Crippen molar-refractivity contribution in [2.45, 2.75) is 6.10 Å². The van der Waals surface area contributed by atoms with Crippen molar-refractivity contribution in [3.63, 3.8) is 0 Å². The largest absolute Gasteiger partial charge is 0.497 e. The van der Waals surface area contributed by atoms with Gasteiger partial charge in [-0.1, -0.05) is 54.6 Å². The van der Waals surface area contributed by atoms with Gasteiger partial charge in [-0.15, -0.1) is 0 Å². The van der Waals surface area contributed by atoms with Crippen molar-refractivity contribution in [1.82, 2.24) is 0 Å². The van der Waals surface area contributed by atoms with Gasteiger partial charge in [-0.25, -0.2) is 0 Å². The second kappa shape index (κ2) is 7.93. The first-order valence-corrected chi connectivity index (χ1v) is 9.12. The van der Waals surface area contributed by atoms with Crippen molar-refractivity contribution in [2.24, 2.45) is 0 Å². The van der Waals surface area contributed by atoms with Gasteiger partial charge in [-0.3, -0.25) is 0 Å². The molecule has 3 aromatic carbocycles. The number of hydrogen-bond donors (Lipinski definition) is 1. The lowest BCUT2D eigenvalue weighted by molar-refractivity contribution is 0.236. The SMILES string of the molecule is COc1ccc(C2OB(O)C(c3ccccc3)=C2c2cccc(OC)c2)cc1. The monoisotopic (exact) mass is 372 g/mol. The molecule has 140 valence electrons. The van der Waals surface area contributed by atoms with E-state index in [1.165, 1.54) is 0 Å². The topological polar surface area (TPSA) is 47.9 Å². The van der Waals surface area contributed by atoms with Crippen LogP contribution in [0.3, 0.4) is 0 Å². The average molecular weight is 372 g/mol. The van der Waals surface area contributed by atoms with E-state index in [4.69, 9.17) is 14.1 Å². The smallest absolute Gasteiger partial charge is 0.492 e. The molecular weight excluding hydrogens is 351 g/mol. The molecule has 0 amide bonds. The summed E-state index contributed by atoms with van der Waals surface area (Å²) in [4.78, 5) is 0. The molecule has 3 aromatic rings. The molecular formula is C23H21BO4. The fraction of sp³-hybridized carbons (Fsp3) is 0.130. The molecule has 0 saturated carbocycles. The number of methoxy groups -OCH3 is 2. The van der Waals surface area contributed by atoms with E-state index in [1.807, 2.05) is 78.9 Å². The van der Waals surface area contributed by atoms with E-state index >= 15 is 0 Å². The van der Waals surface area contributed by atoms with Gasteiger partial charge in [0.2, 0.25) is 0 Å². The van der Waals surface area contributed by atoms with Gasteiger partial charge in [0, 0.05) is 0 Å². The van der Waals surface area contributed by atoms with E-state index in [1.54, 1.807) is 14.2 Å². The molecule has 5 heteroatoms. The molecule has 0 radical (unpaired) electrons. The van der Waals surface area contributed by atoms with Gasteiger partial charge in [0.25, 0.3) is 0 Å². The molecule has 0 aliphatic carbocycles. The van der Waals surface area contributed by atoms with E-state index in [0.717, 1.165) is 39.2 Å². The van der Waals surface area contributed by atoms with Crippen molar-refractivity contribution in [2.75, 3.05) is 14.2 Å². The number of ether oxygens (including phenoxy) is 2. The molecule has 0 saturated heterocycles. The Kier molecular flexibility index (Phi) is 5.19. The Morgan fingerprint density at radius 2 is 1.46 bits per heavy atom. The summed E-state index contributed by atoms with van der Waals surface area (Å²) in [5.41, 5.74) is 4.54. The van der Waals surface area contributed by atoms with Gasteiger partial charge in [-0.05, 0) is 52.0 Å². The van der Waals surface area contributed by atoms with Gasteiger partial charge >= 0.3 is 7.12 Å². The third kappa shape index (κ3) is 3.42. The highest BCUT2D eigenvalue weighted by molar-refractivity contribution is 6.71. The quantitative estimate of drug-likeness (QED) is 0.675. The minimum atomic E-state index is -1.02. The maximum Gasteiger partial charge on any atom is 0.492 e. The van der Waals surface area contributed by atoms with Crippen LogP contribution >= 0.6 is 0 Å². The molecule has 0 fully saturated rings. The molecule has 1 unspecified atom stereocenters. The molecule has 0 bridgehead atoms. The minimum absolute atomic E-state index is 0.400. The van der Waals surface area contributed by atoms with E-state index in [9.17, 15) is 5.02 Å². The van der Waals surface area contributed by atoms with Crippen LogP contribution in [-0.4, -0.2) is 26.4 Å². The molecule has 1 N–H and O–H groups in total. The molecule has 0 aromatic heterocycles. The highest BCUT2D eigenvalue weighted by atomic mass is 16.5. The maximum atomic E-state index is 10.8. The van der Waals surface area contributed by atoms with Crippen LogP contribution < -0.4 is 9.47 Å². The van der Waals surface area contributed by atoms with Gasteiger partial charge in [-0.2, -0.15) is 0 Å². The fourth-order valence-electron chi connectivity index (χ4n) is 3.58. The Hall–Kier alpha value is -3.02. The third-order valence-electron chi connectivity index (χ3n) is 4.95. The normalized spacial score (nSPS) is 16.4. The van der Waals surface area contributed by atoms with Crippen molar-refractivity contribution < 1.29 is 19.2 Å². The zero-order valence-corrected chi connectivity index (χ0v) is 15.8. The van der Waals surface area contributed by atoms with Crippen molar-refractivity contribution in [3.05, 3.63) is 95.6 Å². The first-order chi connectivity index (χ1) is 13.7. The molecule has 4 rings (SSSR count). The summed E-state index contributed by atoms with van der Waals surface area (Å²) in [6.45, 7) is 0. The van der Waals surface area contributed by atoms with Crippen LogP contribution in [0.25, 0.3) is 11.0 Å². The summed E-state index contributed by atoms with van der Waals surface area (Å²) in [6.07, 6.45) is -0.400. The first-order valence-electron chi connectivity index (χ1n) is 9.12. The number of hydrogen-bond acceptors (Lipinski definition) is 4.